The highest BCUT2D eigenvalue weighted by Crippen LogP contribution is 2.29. The van der Waals surface area contributed by atoms with E-state index in [0.717, 1.165) is 23.8 Å². The summed E-state index contributed by atoms with van der Waals surface area (Å²) in [6.45, 7) is 7.46. The van der Waals surface area contributed by atoms with Gasteiger partial charge in [-0.3, -0.25) is 0 Å². The second-order valence-electron chi connectivity index (χ2n) is 6.07. The molecule has 1 aliphatic heterocycles. The van der Waals surface area contributed by atoms with Crippen LogP contribution < -0.4 is 10.1 Å². The molecule has 0 aromatic heterocycles. The maximum Gasteiger partial charge on any atom is 0.138 e. The number of piperidine rings is 1. The first-order valence-electron chi connectivity index (χ1n) is 7.97. The molecular formula is C17H27ClN2O. The Labute approximate surface area is 133 Å². The second-order valence-corrected chi connectivity index (χ2v) is 6.47. The summed E-state index contributed by atoms with van der Waals surface area (Å²) in [6, 6.07) is 6.46. The number of nitrogens with one attached hydrogen (secondary N) is 1. The molecule has 0 bridgehead atoms. The van der Waals surface area contributed by atoms with Crippen LogP contribution in [0.25, 0.3) is 0 Å². The number of halogens is 1. The van der Waals surface area contributed by atoms with E-state index >= 15 is 0 Å². The van der Waals surface area contributed by atoms with Crippen LogP contribution in [0.15, 0.2) is 18.2 Å². The molecule has 0 amide bonds. The van der Waals surface area contributed by atoms with Crippen molar-refractivity contribution in [3.05, 3.63) is 23.2 Å². The highest BCUT2D eigenvalue weighted by Gasteiger charge is 2.22. The minimum absolute atomic E-state index is 0.470. The number of hydrogen-bond donors (Lipinski definition) is 1. The first-order chi connectivity index (χ1) is 10.1. The lowest BCUT2D eigenvalue weighted by Crippen LogP contribution is -2.37. The summed E-state index contributed by atoms with van der Waals surface area (Å²) < 4.78 is 5.61. The molecule has 1 fully saturated rings. The van der Waals surface area contributed by atoms with Crippen LogP contribution in [0.1, 0.15) is 33.1 Å². The lowest BCUT2D eigenvalue weighted by atomic mass is 9.90. The molecule has 0 aliphatic carbocycles. The zero-order valence-electron chi connectivity index (χ0n) is 13.4. The molecule has 1 atom stereocenters. The Bertz CT molecular complexity index is 444. The summed E-state index contributed by atoms with van der Waals surface area (Å²) in [6.07, 6.45) is 3.51. The van der Waals surface area contributed by atoms with E-state index in [-0.39, 0.29) is 0 Å². The monoisotopic (exact) mass is 310 g/mol. The predicted molar refractivity (Wildman–Crippen MR) is 90.5 cm³/mol. The van der Waals surface area contributed by atoms with Gasteiger partial charge in [-0.2, -0.15) is 0 Å². The summed E-state index contributed by atoms with van der Waals surface area (Å²) >= 11 is 6.28. The normalized spacial score (nSPS) is 18.5. The van der Waals surface area contributed by atoms with Gasteiger partial charge in [0.25, 0.3) is 0 Å². The second kappa shape index (κ2) is 7.90. The molecule has 1 unspecified atom stereocenters. The standard InChI is InChI=1S/C17H27ClN2O/c1-4-11-21-17-6-5-15(12-16(17)18)19-13(2)14-7-9-20(3)10-8-14/h5-6,12-14,19H,4,7-11H2,1-3H3. The van der Waals surface area contributed by atoms with Gasteiger partial charge in [-0.15, -0.1) is 0 Å². The van der Waals surface area contributed by atoms with Crippen molar-refractivity contribution in [2.75, 3.05) is 32.1 Å². The molecule has 3 nitrogen and oxygen atoms in total. The van der Waals surface area contributed by atoms with Crippen LogP contribution in [-0.2, 0) is 0 Å². The summed E-state index contributed by atoms with van der Waals surface area (Å²) in [7, 11) is 2.20. The Kier molecular flexibility index (Phi) is 6.19. The molecule has 1 aromatic rings. The highest BCUT2D eigenvalue weighted by atomic mass is 35.5. The van der Waals surface area contributed by atoms with Crippen molar-refractivity contribution in [3.8, 4) is 5.75 Å². The minimum atomic E-state index is 0.470. The fourth-order valence-corrected chi connectivity index (χ4v) is 3.06. The molecule has 1 aliphatic rings. The molecular weight excluding hydrogens is 284 g/mol. The third-order valence-electron chi connectivity index (χ3n) is 4.26. The van der Waals surface area contributed by atoms with Gasteiger partial charge in [-0.05, 0) is 70.4 Å². The van der Waals surface area contributed by atoms with Crippen LogP contribution >= 0.6 is 11.6 Å². The number of nitrogens with zero attached hydrogens (tertiary/aromatic N) is 1. The van der Waals surface area contributed by atoms with Gasteiger partial charge in [0.2, 0.25) is 0 Å². The lowest BCUT2D eigenvalue weighted by molar-refractivity contribution is 0.208. The van der Waals surface area contributed by atoms with E-state index in [1.54, 1.807) is 0 Å². The van der Waals surface area contributed by atoms with E-state index in [1.165, 1.54) is 25.9 Å². The van der Waals surface area contributed by atoms with Crippen LogP contribution in [0.4, 0.5) is 5.69 Å². The number of likely N-dealkylation sites (tertiary alicyclic amines) is 1. The molecule has 1 heterocycles. The first-order valence-corrected chi connectivity index (χ1v) is 8.35. The molecule has 1 N–H and O–H groups in total. The molecule has 1 aromatic carbocycles. The Balaban J connectivity index is 1.91. The first kappa shape index (κ1) is 16.4. The average molecular weight is 311 g/mol. The zero-order chi connectivity index (χ0) is 15.2. The molecule has 0 saturated carbocycles. The van der Waals surface area contributed by atoms with Gasteiger partial charge in [0.1, 0.15) is 5.75 Å². The maximum absolute atomic E-state index is 6.28. The van der Waals surface area contributed by atoms with E-state index < -0.39 is 0 Å². The molecule has 0 radical (unpaired) electrons. The van der Waals surface area contributed by atoms with Crippen molar-refractivity contribution in [3.63, 3.8) is 0 Å². The van der Waals surface area contributed by atoms with Crippen molar-refractivity contribution in [2.45, 2.75) is 39.2 Å². The van der Waals surface area contributed by atoms with Gasteiger partial charge in [-0.25, -0.2) is 0 Å². The van der Waals surface area contributed by atoms with E-state index in [2.05, 4.69) is 37.2 Å². The quantitative estimate of drug-likeness (QED) is 0.849. The van der Waals surface area contributed by atoms with E-state index in [9.17, 15) is 0 Å². The van der Waals surface area contributed by atoms with Crippen molar-refractivity contribution in [2.24, 2.45) is 5.92 Å². The SMILES string of the molecule is CCCOc1ccc(NC(C)C2CCN(C)CC2)cc1Cl. The van der Waals surface area contributed by atoms with Crippen molar-refractivity contribution >= 4 is 17.3 Å². The van der Waals surface area contributed by atoms with Gasteiger partial charge in [0, 0.05) is 11.7 Å². The van der Waals surface area contributed by atoms with E-state index in [4.69, 9.17) is 16.3 Å². The summed E-state index contributed by atoms with van der Waals surface area (Å²) in [5.41, 5.74) is 1.08. The third-order valence-corrected chi connectivity index (χ3v) is 4.55. The van der Waals surface area contributed by atoms with Crippen LogP contribution in [0.3, 0.4) is 0 Å². The van der Waals surface area contributed by atoms with Gasteiger partial charge >= 0.3 is 0 Å². The number of benzene rings is 1. The smallest absolute Gasteiger partial charge is 0.138 e. The van der Waals surface area contributed by atoms with Crippen LogP contribution in [-0.4, -0.2) is 37.7 Å². The van der Waals surface area contributed by atoms with Crippen molar-refractivity contribution < 1.29 is 4.74 Å². The van der Waals surface area contributed by atoms with Crippen LogP contribution in [0.2, 0.25) is 5.02 Å². The number of hydrogen-bond acceptors (Lipinski definition) is 3. The van der Waals surface area contributed by atoms with Gasteiger partial charge in [0.05, 0.1) is 11.6 Å². The zero-order valence-corrected chi connectivity index (χ0v) is 14.1. The number of rotatable bonds is 6. The topological polar surface area (TPSA) is 24.5 Å². The molecule has 21 heavy (non-hydrogen) atoms. The third kappa shape index (κ3) is 4.79. The summed E-state index contributed by atoms with van der Waals surface area (Å²) in [5.74, 6) is 1.51. The lowest BCUT2D eigenvalue weighted by Gasteiger charge is -2.33. The predicted octanol–water partition coefficient (Wildman–Crippen LogP) is 4.27. The fraction of sp³-hybridized carbons (Fsp3) is 0.647. The highest BCUT2D eigenvalue weighted by molar-refractivity contribution is 6.32. The van der Waals surface area contributed by atoms with Crippen molar-refractivity contribution in [1.82, 2.24) is 4.90 Å². The Morgan fingerprint density at radius 3 is 2.71 bits per heavy atom. The van der Waals surface area contributed by atoms with Gasteiger partial charge < -0.3 is 15.0 Å². The van der Waals surface area contributed by atoms with Gasteiger partial charge in [0.15, 0.2) is 0 Å². The molecule has 118 valence electrons. The molecule has 4 heteroatoms. The Morgan fingerprint density at radius 1 is 1.38 bits per heavy atom. The van der Waals surface area contributed by atoms with Crippen LogP contribution in [0.5, 0.6) is 5.75 Å². The molecule has 0 spiro atoms. The Morgan fingerprint density at radius 2 is 2.10 bits per heavy atom. The summed E-state index contributed by atoms with van der Waals surface area (Å²) in [4.78, 5) is 2.40. The molecule has 2 rings (SSSR count). The van der Waals surface area contributed by atoms with Crippen LogP contribution in [0, 0.1) is 5.92 Å². The largest absolute Gasteiger partial charge is 0.492 e. The van der Waals surface area contributed by atoms with E-state index in [1.807, 2.05) is 12.1 Å². The number of anilines is 1. The van der Waals surface area contributed by atoms with Gasteiger partial charge in [-0.1, -0.05) is 18.5 Å². The average Bonchev–Trinajstić information content (AvgIpc) is 2.47. The summed E-state index contributed by atoms with van der Waals surface area (Å²) in [5, 5.41) is 4.28. The van der Waals surface area contributed by atoms with Crippen molar-refractivity contribution in [1.29, 1.82) is 0 Å². The fourth-order valence-electron chi connectivity index (χ4n) is 2.83. The minimum Gasteiger partial charge on any atom is -0.492 e. The Hall–Kier alpha value is -0.930. The number of ether oxygens (including phenoxy) is 1. The molecule has 1 saturated heterocycles. The van der Waals surface area contributed by atoms with E-state index in [0.29, 0.717) is 17.7 Å². The maximum atomic E-state index is 6.28.